The maximum Gasteiger partial charge on any atom is 0.261 e. The molecule has 1 aliphatic rings. The number of morpholine rings is 1. The van der Waals surface area contributed by atoms with E-state index in [1.165, 1.54) is 16.9 Å². The molecule has 0 radical (unpaired) electrons. The molecule has 8 nitrogen and oxygen atoms in total. The number of ether oxygens (including phenoxy) is 2. The van der Waals surface area contributed by atoms with E-state index >= 15 is 0 Å². The molecule has 1 saturated heterocycles. The Morgan fingerprint density at radius 2 is 2.37 bits per heavy atom. The van der Waals surface area contributed by atoms with Crippen molar-refractivity contribution in [2.75, 3.05) is 40.0 Å². The van der Waals surface area contributed by atoms with Crippen molar-refractivity contribution >= 4 is 27.5 Å². The van der Waals surface area contributed by atoms with E-state index in [9.17, 15) is 4.79 Å². The number of pyridine rings is 1. The first-order valence-electron chi connectivity index (χ1n) is 10.2. The zero-order valence-electron chi connectivity index (χ0n) is 17.3. The first-order chi connectivity index (χ1) is 14.7. The van der Waals surface area contributed by atoms with Crippen LogP contribution in [0.1, 0.15) is 33.8 Å². The standard InChI is InChI=1S/C21H27N5O3S/c1-3-26-13-15(11-24-26)12-25-8-10-29-17(14-25)18-16-5-4-6-23-21(16)30-19(18)20(27)22-7-9-28-2/h4-6,11,13,17H,3,7-10,12,14H2,1-2H3,(H,22,27)/t17-/m1/s1. The summed E-state index contributed by atoms with van der Waals surface area (Å²) < 4.78 is 13.1. The molecule has 4 rings (SSSR count). The van der Waals surface area contributed by atoms with Crippen LogP contribution in [-0.4, -0.2) is 65.5 Å². The van der Waals surface area contributed by atoms with E-state index < -0.39 is 0 Å². The lowest BCUT2D eigenvalue weighted by Crippen LogP contribution is -2.38. The number of rotatable bonds is 8. The Morgan fingerprint density at radius 1 is 1.47 bits per heavy atom. The third kappa shape index (κ3) is 4.54. The van der Waals surface area contributed by atoms with Crippen LogP contribution in [-0.2, 0) is 22.6 Å². The number of methoxy groups -OCH3 is 1. The Hall–Kier alpha value is -2.33. The molecule has 0 unspecified atom stereocenters. The van der Waals surface area contributed by atoms with Gasteiger partial charge in [-0.3, -0.25) is 14.4 Å². The van der Waals surface area contributed by atoms with Gasteiger partial charge < -0.3 is 14.8 Å². The molecular formula is C21H27N5O3S. The highest BCUT2D eigenvalue weighted by Gasteiger charge is 2.30. The minimum Gasteiger partial charge on any atom is -0.383 e. The van der Waals surface area contributed by atoms with Crippen molar-refractivity contribution in [3.05, 3.63) is 46.7 Å². The molecule has 160 valence electrons. The third-order valence-electron chi connectivity index (χ3n) is 5.19. The number of carbonyl (C=O) groups is 1. The molecule has 1 atom stereocenters. The summed E-state index contributed by atoms with van der Waals surface area (Å²) >= 11 is 1.42. The molecule has 0 aromatic carbocycles. The van der Waals surface area contributed by atoms with Gasteiger partial charge >= 0.3 is 0 Å². The predicted octanol–water partition coefficient (Wildman–Crippen LogP) is 2.46. The average molecular weight is 430 g/mol. The largest absolute Gasteiger partial charge is 0.383 e. The predicted molar refractivity (Wildman–Crippen MR) is 116 cm³/mol. The highest BCUT2D eigenvalue weighted by Crippen LogP contribution is 2.37. The zero-order valence-corrected chi connectivity index (χ0v) is 18.2. The Labute approximate surface area is 179 Å². The SMILES string of the molecule is CCn1cc(CN2CCO[C@@H](c3c(C(=O)NCCOC)sc4ncccc34)C2)cn1. The molecule has 1 N–H and O–H groups in total. The van der Waals surface area contributed by atoms with Crippen LogP contribution < -0.4 is 5.32 Å². The smallest absolute Gasteiger partial charge is 0.261 e. The minimum absolute atomic E-state index is 0.102. The highest BCUT2D eigenvalue weighted by molar-refractivity contribution is 7.20. The lowest BCUT2D eigenvalue weighted by Gasteiger charge is -2.33. The molecule has 3 aromatic heterocycles. The molecule has 1 aliphatic heterocycles. The van der Waals surface area contributed by atoms with Crippen LogP contribution in [0.2, 0.25) is 0 Å². The normalized spacial score (nSPS) is 17.5. The highest BCUT2D eigenvalue weighted by atomic mass is 32.1. The van der Waals surface area contributed by atoms with E-state index in [1.807, 2.05) is 23.0 Å². The molecule has 4 heterocycles. The lowest BCUT2D eigenvalue weighted by atomic mass is 10.0. The molecule has 0 bridgehead atoms. The molecular weight excluding hydrogens is 402 g/mol. The molecule has 0 saturated carbocycles. The van der Waals surface area contributed by atoms with Gasteiger partial charge in [0.25, 0.3) is 5.91 Å². The fourth-order valence-electron chi connectivity index (χ4n) is 3.73. The van der Waals surface area contributed by atoms with Crippen molar-refractivity contribution in [1.29, 1.82) is 0 Å². The van der Waals surface area contributed by atoms with Gasteiger partial charge in [-0.05, 0) is 13.0 Å². The molecule has 0 aliphatic carbocycles. The van der Waals surface area contributed by atoms with Crippen molar-refractivity contribution in [3.63, 3.8) is 0 Å². The summed E-state index contributed by atoms with van der Waals surface area (Å²) in [4.78, 5) is 21.3. The van der Waals surface area contributed by atoms with Gasteiger partial charge in [0.05, 0.1) is 25.5 Å². The minimum atomic E-state index is -0.180. The molecule has 0 spiro atoms. The first kappa shape index (κ1) is 20.9. The number of hydrogen-bond acceptors (Lipinski definition) is 7. The zero-order chi connectivity index (χ0) is 20.9. The van der Waals surface area contributed by atoms with Crippen molar-refractivity contribution in [1.82, 2.24) is 25.0 Å². The second kappa shape index (κ2) is 9.65. The Bertz CT molecular complexity index is 1000. The van der Waals surface area contributed by atoms with E-state index in [2.05, 4.69) is 33.4 Å². The van der Waals surface area contributed by atoms with Crippen molar-refractivity contribution in [2.24, 2.45) is 0 Å². The Kier molecular flexibility index (Phi) is 6.73. The first-order valence-corrected chi connectivity index (χ1v) is 11.0. The third-order valence-corrected chi connectivity index (χ3v) is 6.32. The van der Waals surface area contributed by atoms with Crippen LogP contribution in [0.25, 0.3) is 10.2 Å². The van der Waals surface area contributed by atoms with E-state index in [0.717, 1.165) is 42.0 Å². The van der Waals surface area contributed by atoms with Crippen molar-refractivity contribution in [3.8, 4) is 0 Å². The van der Waals surface area contributed by atoms with Gasteiger partial charge in [-0.15, -0.1) is 11.3 Å². The van der Waals surface area contributed by atoms with E-state index in [-0.39, 0.29) is 12.0 Å². The van der Waals surface area contributed by atoms with Gasteiger partial charge in [0.1, 0.15) is 9.71 Å². The second-order valence-corrected chi connectivity index (χ2v) is 8.25. The summed E-state index contributed by atoms with van der Waals surface area (Å²) in [5.74, 6) is -0.102. The molecule has 3 aromatic rings. The van der Waals surface area contributed by atoms with Crippen LogP contribution in [0.15, 0.2) is 30.7 Å². The van der Waals surface area contributed by atoms with Crippen molar-refractivity contribution in [2.45, 2.75) is 26.1 Å². The number of amides is 1. The summed E-state index contributed by atoms with van der Waals surface area (Å²) in [5, 5.41) is 8.30. The van der Waals surface area contributed by atoms with Crippen molar-refractivity contribution < 1.29 is 14.3 Å². The van der Waals surface area contributed by atoms with Gasteiger partial charge in [-0.1, -0.05) is 6.07 Å². The summed E-state index contributed by atoms with van der Waals surface area (Å²) in [6.45, 7) is 6.89. The van der Waals surface area contributed by atoms with Crippen LogP contribution in [0.5, 0.6) is 0 Å². The number of aryl methyl sites for hydroxylation is 1. The monoisotopic (exact) mass is 429 g/mol. The maximum atomic E-state index is 12.9. The molecule has 9 heteroatoms. The molecule has 1 amide bonds. The molecule has 1 fully saturated rings. The summed E-state index contributed by atoms with van der Waals surface area (Å²) in [5.41, 5.74) is 2.12. The van der Waals surface area contributed by atoms with Crippen LogP contribution in [0.4, 0.5) is 0 Å². The summed E-state index contributed by atoms with van der Waals surface area (Å²) in [7, 11) is 1.62. The second-order valence-electron chi connectivity index (χ2n) is 7.25. The Balaban J connectivity index is 1.57. The molecule has 30 heavy (non-hydrogen) atoms. The van der Waals surface area contributed by atoms with E-state index in [4.69, 9.17) is 9.47 Å². The number of nitrogens with one attached hydrogen (secondary N) is 1. The lowest BCUT2D eigenvalue weighted by molar-refractivity contribution is -0.0323. The van der Waals surface area contributed by atoms with E-state index in [0.29, 0.717) is 24.6 Å². The Morgan fingerprint density at radius 3 is 3.17 bits per heavy atom. The van der Waals surface area contributed by atoms with Gasteiger partial charge in [-0.2, -0.15) is 5.10 Å². The fourth-order valence-corrected chi connectivity index (χ4v) is 4.84. The van der Waals surface area contributed by atoms with Gasteiger partial charge in [0.2, 0.25) is 0 Å². The van der Waals surface area contributed by atoms with Gasteiger partial charge in [0.15, 0.2) is 0 Å². The number of carbonyl (C=O) groups excluding carboxylic acids is 1. The summed E-state index contributed by atoms with van der Waals surface area (Å²) in [6.07, 6.45) is 5.59. The number of hydrogen-bond donors (Lipinski definition) is 1. The number of thiophene rings is 1. The van der Waals surface area contributed by atoms with Crippen LogP contribution >= 0.6 is 11.3 Å². The summed E-state index contributed by atoms with van der Waals surface area (Å²) in [6, 6.07) is 3.93. The fraction of sp³-hybridized carbons (Fsp3) is 0.476. The number of aromatic nitrogens is 3. The topological polar surface area (TPSA) is 81.5 Å². The van der Waals surface area contributed by atoms with Crippen LogP contribution in [0, 0.1) is 0 Å². The van der Waals surface area contributed by atoms with Gasteiger partial charge in [-0.25, -0.2) is 4.98 Å². The van der Waals surface area contributed by atoms with Crippen LogP contribution in [0.3, 0.4) is 0 Å². The average Bonchev–Trinajstić information content (AvgIpc) is 3.38. The van der Waals surface area contributed by atoms with Gasteiger partial charge in [0, 0.05) is 68.7 Å². The maximum absolute atomic E-state index is 12.9. The van der Waals surface area contributed by atoms with E-state index in [1.54, 1.807) is 13.3 Å². The number of fused-ring (bicyclic) bond motifs is 1. The number of nitrogens with zero attached hydrogens (tertiary/aromatic N) is 4. The quantitative estimate of drug-likeness (QED) is 0.554.